The zero-order valence-corrected chi connectivity index (χ0v) is 11.7. The van der Waals surface area contributed by atoms with Crippen molar-refractivity contribution < 1.29 is 5.11 Å². The second-order valence-electron chi connectivity index (χ2n) is 4.98. The minimum Gasteiger partial charge on any atom is -0.396 e. The van der Waals surface area contributed by atoms with E-state index in [0.717, 1.165) is 17.6 Å². The molecule has 3 heteroatoms. The highest BCUT2D eigenvalue weighted by atomic mass is 32.2. The predicted octanol–water partition coefficient (Wildman–Crippen LogP) is 2.66. The van der Waals surface area contributed by atoms with Gasteiger partial charge < -0.3 is 10.4 Å². The fourth-order valence-corrected chi connectivity index (χ4v) is 4.29. The lowest BCUT2D eigenvalue weighted by atomic mass is 9.84. The summed E-state index contributed by atoms with van der Waals surface area (Å²) in [6, 6.07) is 0.675. The highest BCUT2D eigenvalue weighted by molar-refractivity contribution is 8.00. The van der Waals surface area contributed by atoms with Gasteiger partial charge in [0.15, 0.2) is 0 Å². The molecule has 1 rings (SSSR count). The second-order valence-corrected chi connectivity index (χ2v) is 6.66. The summed E-state index contributed by atoms with van der Waals surface area (Å²) in [5.74, 6) is 0.920. The molecule has 16 heavy (non-hydrogen) atoms. The Morgan fingerprint density at radius 3 is 2.75 bits per heavy atom. The van der Waals surface area contributed by atoms with E-state index in [1.54, 1.807) is 0 Å². The van der Waals surface area contributed by atoms with Crippen LogP contribution in [0.3, 0.4) is 0 Å². The number of thioether (sulfide) groups is 1. The van der Waals surface area contributed by atoms with Gasteiger partial charge in [-0.15, -0.1) is 0 Å². The van der Waals surface area contributed by atoms with Gasteiger partial charge in [-0.3, -0.25) is 0 Å². The molecule has 0 saturated heterocycles. The van der Waals surface area contributed by atoms with Crippen LogP contribution in [0.25, 0.3) is 0 Å². The summed E-state index contributed by atoms with van der Waals surface area (Å²) < 4.78 is 0. The molecule has 0 aromatic carbocycles. The fraction of sp³-hybridized carbons (Fsp3) is 1.00. The summed E-state index contributed by atoms with van der Waals surface area (Å²) >= 11 is 2.07. The van der Waals surface area contributed by atoms with E-state index in [4.69, 9.17) is 5.11 Å². The molecule has 0 aromatic rings. The zero-order chi connectivity index (χ0) is 12.0. The van der Waals surface area contributed by atoms with Gasteiger partial charge in [-0.1, -0.05) is 20.3 Å². The average molecular weight is 245 g/mol. The number of aliphatic hydroxyl groups excluding tert-OH is 1. The van der Waals surface area contributed by atoms with E-state index in [9.17, 15) is 0 Å². The summed E-state index contributed by atoms with van der Waals surface area (Å²) in [6.07, 6.45) is 6.30. The van der Waals surface area contributed by atoms with Gasteiger partial charge in [0.2, 0.25) is 0 Å². The Bertz CT molecular complexity index is 189. The number of nitrogens with one attached hydrogen (secondary N) is 1. The SMILES string of the molecule is CCC1CCC(NC)C(SC(C)CCO)C1. The molecule has 0 aliphatic heterocycles. The third kappa shape index (κ3) is 4.27. The molecule has 0 amide bonds. The maximum Gasteiger partial charge on any atom is 0.0441 e. The molecule has 4 unspecified atom stereocenters. The maximum atomic E-state index is 8.96. The van der Waals surface area contributed by atoms with E-state index in [-0.39, 0.29) is 0 Å². The van der Waals surface area contributed by atoms with Crippen molar-refractivity contribution in [1.82, 2.24) is 5.32 Å². The molecule has 2 nitrogen and oxygen atoms in total. The van der Waals surface area contributed by atoms with E-state index in [2.05, 4.69) is 38.0 Å². The smallest absolute Gasteiger partial charge is 0.0441 e. The van der Waals surface area contributed by atoms with Crippen molar-refractivity contribution in [3.05, 3.63) is 0 Å². The minimum atomic E-state index is 0.322. The molecule has 1 aliphatic carbocycles. The van der Waals surface area contributed by atoms with Crippen molar-refractivity contribution in [2.45, 2.75) is 62.5 Å². The Balaban J connectivity index is 2.44. The van der Waals surface area contributed by atoms with Gasteiger partial charge in [-0.05, 0) is 38.6 Å². The van der Waals surface area contributed by atoms with Crippen molar-refractivity contribution >= 4 is 11.8 Å². The largest absolute Gasteiger partial charge is 0.396 e. The number of hydrogen-bond donors (Lipinski definition) is 2. The van der Waals surface area contributed by atoms with E-state index in [1.165, 1.54) is 25.7 Å². The van der Waals surface area contributed by atoms with Crippen LogP contribution in [-0.4, -0.2) is 35.3 Å². The van der Waals surface area contributed by atoms with Gasteiger partial charge >= 0.3 is 0 Å². The molecule has 96 valence electrons. The van der Waals surface area contributed by atoms with E-state index in [0.29, 0.717) is 17.9 Å². The Labute approximate surface area is 105 Å². The molecule has 1 aliphatic rings. The molecule has 1 saturated carbocycles. The summed E-state index contributed by atoms with van der Waals surface area (Å²) in [4.78, 5) is 0. The molecule has 0 radical (unpaired) electrons. The molecule has 2 N–H and O–H groups in total. The number of aliphatic hydroxyl groups is 1. The Kier molecular flexibility index (Phi) is 6.78. The highest BCUT2D eigenvalue weighted by Crippen LogP contribution is 2.36. The van der Waals surface area contributed by atoms with Crippen LogP contribution in [0.15, 0.2) is 0 Å². The third-order valence-electron chi connectivity index (χ3n) is 3.79. The lowest BCUT2D eigenvalue weighted by Crippen LogP contribution is -2.41. The maximum absolute atomic E-state index is 8.96. The lowest BCUT2D eigenvalue weighted by molar-refractivity contribution is 0.286. The Hall–Kier alpha value is 0.270. The van der Waals surface area contributed by atoms with Gasteiger partial charge in [0.25, 0.3) is 0 Å². The van der Waals surface area contributed by atoms with Gasteiger partial charge in [0.05, 0.1) is 0 Å². The third-order valence-corrected chi connectivity index (χ3v) is 5.36. The van der Waals surface area contributed by atoms with Gasteiger partial charge in [0, 0.05) is 23.1 Å². The van der Waals surface area contributed by atoms with Crippen LogP contribution in [0, 0.1) is 5.92 Å². The normalized spacial score (nSPS) is 32.6. The standard InChI is InChI=1S/C13H27NOS/c1-4-11-5-6-12(14-3)13(9-11)16-10(2)7-8-15/h10-15H,4-9H2,1-3H3. The summed E-state index contributed by atoms with van der Waals surface area (Å²) in [5.41, 5.74) is 0. The molecule has 4 atom stereocenters. The van der Waals surface area contributed by atoms with Gasteiger partial charge in [-0.2, -0.15) is 11.8 Å². The van der Waals surface area contributed by atoms with Crippen LogP contribution in [0.2, 0.25) is 0 Å². The highest BCUT2D eigenvalue weighted by Gasteiger charge is 2.30. The summed E-state index contributed by atoms with van der Waals surface area (Å²) in [7, 11) is 2.08. The van der Waals surface area contributed by atoms with Gasteiger partial charge in [-0.25, -0.2) is 0 Å². The first-order valence-corrected chi connectivity index (χ1v) is 7.59. The van der Waals surface area contributed by atoms with Crippen molar-refractivity contribution in [3.8, 4) is 0 Å². The summed E-state index contributed by atoms with van der Waals surface area (Å²) in [5, 5.41) is 13.7. The van der Waals surface area contributed by atoms with E-state index >= 15 is 0 Å². The van der Waals surface area contributed by atoms with Crippen LogP contribution in [0.1, 0.15) is 46.0 Å². The quantitative estimate of drug-likeness (QED) is 0.754. The first kappa shape index (κ1) is 14.3. The van der Waals surface area contributed by atoms with Crippen LogP contribution in [-0.2, 0) is 0 Å². The van der Waals surface area contributed by atoms with Crippen molar-refractivity contribution in [3.63, 3.8) is 0 Å². The zero-order valence-electron chi connectivity index (χ0n) is 10.9. The van der Waals surface area contributed by atoms with Crippen LogP contribution in [0.4, 0.5) is 0 Å². The molecule has 0 bridgehead atoms. The first-order valence-electron chi connectivity index (χ1n) is 6.64. The Morgan fingerprint density at radius 1 is 1.44 bits per heavy atom. The van der Waals surface area contributed by atoms with Crippen molar-refractivity contribution in [2.24, 2.45) is 5.92 Å². The lowest BCUT2D eigenvalue weighted by Gasteiger charge is -2.36. The second kappa shape index (κ2) is 7.57. The monoisotopic (exact) mass is 245 g/mol. The minimum absolute atomic E-state index is 0.322. The van der Waals surface area contributed by atoms with Crippen molar-refractivity contribution in [2.75, 3.05) is 13.7 Å². The number of hydrogen-bond acceptors (Lipinski definition) is 3. The van der Waals surface area contributed by atoms with E-state index in [1.807, 2.05) is 0 Å². The number of rotatable bonds is 6. The molecule has 1 fully saturated rings. The first-order chi connectivity index (χ1) is 7.71. The predicted molar refractivity (Wildman–Crippen MR) is 73.0 cm³/mol. The van der Waals surface area contributed by atoms with Gasteiger partial charge in [0.1, 0.15) is 0 Å². The van der Waals surface area contributed by atoms with E-state index < -0.39 is 0 Å². The average Bonchev–Trinajstić information content (AvgIpc) is 2.29. The van der Waals surface area contributed by atoms with Crippen LogP contribution >= 0.6 is 11.8 Å². The van der Waals surface area contributed by atoms with Crippen LogP contribution < -0.4 is 5.32 Å². The molecular formula is C13H27NOS. The summed E-state index contributed by atoms with van der Waals surface area (Å²) in [6.45, 7) is 4.87. The molecule has 0 heterocycles. The molecule has 0 aromatic heterocycles. The fourth-order valence-electron chi connectivity index (χ4n) is 2.61. The van der Waals surface area contributed by atoms with Crippen molar-refractivity contribution in [1.29, 1.82) is 0 Å². The topological polar surface area (TPSA) is 32.3 Å². The van der Waals surface area contributed by atoms with Crippen LogP contribution in [0.5, 0.6) is 0 Å². The molecular weight excluding hydrogens is 218 g/mol. The molecule has 0 spiro atoms. The Morgan fingerprint density at radius 2 is 2.19 bits per heavy atom.